The van der Waals surface area contributed by atoms with Crippen molar-refractivity contribution in [2.24, 2.45) is 0 Å². The van der Waals surface area contributed by atoms with E-state index in [1.165, 1.54) is 0 Å². The molecule has 1 aromatic heterocycles. The number of aryl methyl sites for hydroxylation is 1. The Morgan fingerprint density at radius 1 is 1.04 bits per heavy atom. The lowest BCUT2D eigenvalue weighted by atomic mass is 10.2. The molecule has 27 heavy (non-hydrogen) atoms. The molecule has 0 saturated heterocycles. The fourth-order valence-electron chi connectivity index (χ4n) is 2.40. The van der Waals surface area contributed by atoms with E-state index in [4.69, 9.17) is 9.15 Å². The highest BCUT2D eigenvalue weighted by Gasteiger charge is 2.09. The van der Waals surface area contributed by atoms with Gasteiger partial charge < -0.3 is 19.8 Å². The summed E-state index contributed by atoms with van der Waals surface area (Å²) in [4.78, 5) is 24.3. The van der Waals surface area contributed by atoms with Crippen LogP contribution in [0.3, 0.4) is 0 Å². The molecule has 0 radical (unpaired) electrons. The first-order valence-electron chi connectivity index (χ1n) is 8.50. The molecular weight excluding hydrogens is 344 g/mol. The van der Waals surface area contributed by atoms with E-state index in [0.29, 0.717) is 29.3 Å². The van der Waals surface area contributed by atoms with Crippen LogP contribution in [0.25, 0.3) is 0 Å². The van der Waals surface area contributed by atoms with Gasteiger partial charge in [-0.15, -0.1) is 0 Å². The van der Waals surface area contributed by atoms with E-state index in [-0.39, 0.29) is 18.4 Å². The molecule has 2 N–H and O–H groups in total. The first-order chi connectivity index (χ1) is 13.1. The number of amides is 2. The molecule has 0 spiro atoms. The molecule has 6 nitrogen and oxygen atoms in total. The second-order valence-corrected chi connectivity index (χ2v) is 5.99. The van der Waals surface area contributed by atoms with E-state index < -0.39 is 0 Å². The summed E-state index contributed by atoms with van der Waals surface area (Å²) in [5, 5.41) is 5.49. The molecule has 0 aliphatic heterocycles. The number of carbonyl (C=O) groups excluding carboxylic acids is 2. The van der Waals surface area contributed by atoms with Crippen LogP contribution < -0.4 is 15.4 Å². The van der Waals surface area contributed by atoms with Crippen LogP contribution in [0.15, 0.2) is 71.3 Å². The number of hydrogen-bond acceptors (Lipinski definition) is 4. The van der Waals surface area contributed by atoms with Crippen LogP contribution >= 0.6 is 0 Å². The van der Waals surface area contributed by atoms with Gasteiger partial charge in [0.1, 0.15) is 11.5 Å². The predicted octanol–water partition coefficient (Wildman–Crippen LogP) is 3.54. The number of carbonyl (C=O) groups is 2. The van der Waals surface area contributed by atoms with Crippen molar-refractivity contribution in [1.29, 1.82) is 0 Å². The minimum atomic E-state index is -0.302. The lowest BCUT2D eigenvalue weighted by Crippen LogP contribution is -2.23. The Morgan fingerprint density at radius 2 is 1.85 bits per heavy atom. The first kappa shape index (κ1) is 18.3. The summed E-state index contributed by atoms with van der Waals surface area (Å²) in [5.74, 6) is 0.741. The Hall–Kier alpha value is -3.54. The van der Waals surface area contributed by atoms with Gasteiger partial charge in [-0.2, -0.15) is 0 Å². The second kappa shape index (κ2) is 8.71. The van der Waals surface area contributed by atoms with Crippen LogP contribution in [0, 0.1) is 6.92 Å². The molecule has 0 saturated carbocycles. The quantitative estimate of drug-likeness (QED) is 0.672. The summed E-state index contributed by atoms with van der Waals surface area (Å²) in [6.45, 7) is 2.17. The maximum Gasteiger partial charge on any atom is 0.262 e. The summed E-state index contributed by atoms with van der Waals surface area (Å²) in [6.07, 6.45) is 1.55. The smallest absolute Gasteiger partial charge is 0.262 e. The van der Waals surface area contributed by atoms with Gasteiger partial charge in [-0.3, -0.25) is 9.59 Å². The highest BCUT2D eigenvalue weighted by molar-refractivity contribution is 5.97. The number of rotatable bonds is 7. The largest absolute Gasteiger partial charge is 0.484 e. The zero-order chi connectivity index (χ0) is 19.1. The normalized spacial score (nSPS) is 10.3. The van der Waals surface area contributed by atoms with Gasteiger partial charge in [-0.05, 0) is 49.4 Å². The molecule has 3 aromatic rings. The molecule has 138 valence electrons. The lowest BCUT2D eigenvalue weighted by molar-refractivity contribution is -0.118. The molecule has 0 fully saturated rings. The molecular formula is C21H20N2O4. The zero-order valence-corrected chi connectivity index (χ0v) is 14.9. The number of anilines is 1. The standard InChI is InChI=1S/C21H20N2O4/c1-15-7-9-18(10-8-15)27-14-20(24)23-17-5-2-4-16(12-17)21(25)22-13-19-6-3-11-26-19/h2-12H,13-14H2,1H3,(H,22,25)(H,23,24). The molecule has 2 amide bonds. The summed E-state index contributed by atoms with van der Waals surface area (Å²) in [7, 11) is 0. The summed E-state index contributed by atoms with van der Waals surface area (Å²) in [6, 6.07) is 17.7. The van der Waals surface area contributed by atoms with Crippen molar-refractivity contribution < 1.29 is 18.7 Å². The van der Waals surface area contributed by atoms with Crippen molar-refractivity contribution in [3.63, 3.8) is 0 Å². The van der Waals surface area contributed by atoms with Crippen molar-refractivity contribution >= 4 is 17.5 Å². The summed E-state index contributed by atoms with van der Waals surface area (Å²) in [5.41, 5.74) is 2.09. The summed E-state index contributed by atoms with van der Waals surface area (Å²) >= 11 is 0. The van der Waals surface area contributed by atoms with E-state index in [1.807, 2.05) is 31.2 Å². The lowest BCUT2D eigenvalue weighted by Gasteiger charge is -2.09. The van der Waals surface area contributed by atoms with Gasteiger partial charge in [0.25, 0.3) is 11.8 Å². The third-order valence-corrected chi connectivity index (χ3v) is 3.80. The van der Waals surface area contributed by atoms with Gasteiger partial charge in [-0.1, -0.05) is 23.8 Å². The van der Waals surface area contributed by atoms with Crippen LogP contribution in [-0.2, 0) is 11.3 Å². The molecule has 0 unspecified atom stereocenters. The van der Waals surface area contributed by atoms with Gasteiger partial charge in [0.05, 0.1) is 12.8 Å². The third-order valence-electron chi connectivity index (χ3n) is 3.80. The van der Waals surface area contributed by atoms with Crippen LogP contribution in [-0.4, -0.2) is 18.4 Å². The van der Waals surface area contributed by atoms with Gasteiger partial charge in [0.15, 0.2) is 6.61 Å². The molecule has 0 aliphatic carbocycles. The number of hydrogen-bond donors (Lipinski definition) is 2. The van der Waals surface area contributed by atoms with E-state index in [1.54, 1.807) is 42.7 Å². The van der Waals surface area contributed by atoms with Crippen LogP contribution in [0.4, 0.5) is 5.69 Å². The van der Waals surface area contributed by atoms with E-state index in [9.17, 15) is 9.59 Å². The van der Waals surface area contributed by atoms with E-state index in [2.05, 4.69) is 10.6 Å². The topological polar surface area (TPSA) is 80.6 Å². The van der Waals surface area contributed by atoms with E-state index in [0.717, 1.165) is 5.56 Å². The number of ether oxygens (including phenoxy) is 1. The Balaban J connectivity index is 1.52. The van der Waals surface area contributed by atoms with Crippen LogP contribution in [0.5, 0.6) is 5.75 Å². The predicted molar refractivity (Wildman–Crippen MR) is 102 cm³/mol. The third kappa shape index (κ3) is 5.47. The molecule has 2 aromatic carbocycles. The van der Waals surface area contributed by atoms with E-state index >= 15 is 0 Å². The zero-order valence-electron chi connectivity index (χ0n) is 14.9. The van der Waals surface area contributed by atoms with Crippen LogP contribution in [0.1, 0.15) is 21.7 Å². The van der Waals surface area contributed by atoms with Crippen molar-refractivity contribution in [2.75, 3.05) is 11.9 Å². The molecule has 0 aliphatic rings. The van der Waals surface area contributed by atoms with Crippen molar-refractivity contribution in [1.82, 2.24) is 5.32 Å². The average molecular weight is 364 g/mol. The maximum absolute atomic E-state index is 12.2. The van der Waals surface area contributed by atoms with Gasteiger partial charge in [-0.25, -0.2) is 0 Å². The monoisotopic (exact) mass is 364 g/mol. The van der Waals surface area contributed by atoms with Crippen LogP contribution in [0.2, 0.25) is 0 Å². The highest BCUT2D eigenvalue weighted by Crippen LogP contribution is 2.13. The average Bonchev–Trinajstić information content (AvgIpc) is 3.19. The minimum absolute atomic E-state index is 0.113. The van der Waals surface area contributed by atoms with Gasteiger partial charge in [0.2, 0.25) is 0 Å². The first-order valence-corrected chi connectivity index (χ1v) is 8.50. The van der Waals surface area contributed by atoms with Crippen molar-refractivity contribution in [2.45, 2.75) is 13.5 Å². The molecule has 1 heterocycles. The Bertz CT molecular complexity index is 902. The number of nitrogens with one attached hydrogen (secondary N) is 2. The SMILES string of the molecule is Cc1ccc(OCC(=O)Nc2cccc(C(=O)NCc3ccco3)c2)cc1. The molecule has 0 bridgehead atoms. The summed E-state index contributed by atoms with van der Waals surface area (Å²) < 4.78 is 10.6. The van der Waals surface area contributed by atoms with Gasteiger partial charge in [0, 0.05) is 11.3 Å². The van der Waals surface area contributed by atoms with Gasteiger partial charge >= 0.3 is 0 Å². The number of benzene rings is 2. The molecule has 0 atom stereocenters. The number of furan rings is 1. The molecule has 6 heteroatoms. The Kier molecular flexibility index (Phi) is 5.89. The minimum Gasteiger partial charge on any atom is -0.484 e. The fourth-order valence-corrected chi connectivity index (χ4v) is 2.40. The Morgan fingerprint density at radius 3 is 2.59 bits per heavy atom. The Labute approximate surface area is 157 Å². The molecule has 3 rings (SSSR count). The van der Waals surface area contributed by atoms with Crippen molar-refractivity contribution in [3.05, 3.63) is 83.8 Å². The highest BCUT2D eigenvalue weighted by atomic mass is 16.5. The fraction of sp³-hybridized carbons (Fsp3) is 0.143. The van der Waals surface area contributed by atoms with Crippen molar-refractivity contribution in [3.8, 4) is 5.75 Å². The maximum atomic E-state index is 12.2. The second-order valence-electron chi connectivity index (χ2n) is 5.99.